The van der Waals surface area contributed by atoms with E-state index in [-0.39, 0.29) is 0 Å². The molecule has 0 aromatic carbocycles. The van der Waals surface area contributed by atoms with Crippen LogP contribution in [-0.2, 0) is 4.79 Å². The second-order valence-corrected chi connectivity index (χ2v) is 5.08. The molecule has 1 aliphatic carbocycles. The van der Waals surface area contributed by atoms with Gasteiger partial charge in [-0.3, -0.25) is 4.79 Å². The van der Waals surface area contributed by atoms with Crippen molar-refractivity contribution in [3.63, 3.8) is 0 Å². The van der Waals surface area contributed by atoms with E-state index < -0.39 is 0 Å². The van der Waals surface area contributed by atoms with Crippen molar-refractivity contribution < 1.29 is 4.79 Å². The van der Waals surface area contributed by atoms with Crippen molar-refractivity contribution in [2.75, 3.05) is 25.6 Å². The van der Waals surface area contributed by atoms with Gasteiger partial charge in [-0.15, -0.1) is 0 Å². The fraction of sp³-hybridized carbons (Fsp3) is 0.909. The Morgan fingerprint density at radius 1 is 1.43 bits per heavy atom. The van der Waals surface area contributed by atoms with E-state index in [1.165, 1.54) is 18.7 Å². The van der Waals surface area contributed by atoms with Crippen molar-refractivity contribution in [2.24, 2.45) is 0 Å². The standard InChI is InChI=1S/C11H21NOS/c1-12(8-3-9-14-2)10-4-6-11(13)7-5-10/h10H,3-9H2,1-2H3. The summed E-state index contributed by atoms with van der Waals surface area (Å²) in [6, 6.07) is 0.662. The normalized spacial score (nSPS) is 19.2. The monoisotopic (exact) mass is 215 g/mol. The van der Waals surface area contributed by atoms with Gasteiger partial charge in [0.05, 0.1) is 0 Å². The lowest BCUT2D eigenvalue weighted by molar-refractivity contribution is -0.121. The Labute approximate surface area is 91.4 Å². The van der Waals surface area contributed by atoms with E-state index in [0.29, 0.717) is 11.8 Å². The summed E-state index contributed by atoms with van der Waals surface area (Å²) in [4.78, 5) is 13.5. The summed E-state index contributed by atoms with van der Waals surface area (Å²) in [5.74, 6) is 1.70. The molecule has 1 saturated carbocycles. The first-order valence-electron chi connectivity index (χ1n) is 5.45. The summed E-state index contributed by atoms with van der Waals surface area (Å²) in [6.45, 7) is 1.18. The van der Waals surface area contributed by atoms with E-state index >= 15 is 0 Å². The Balaban J connectivity index is 2.16. The molecule has 1 fully saturated rings. The highest BCUT2D eigenvalue weighted by Crippen LogP contribution is 2.19. The highest BCUT2D eigenvalue weighted by atomic mass is 32.2. The molecule has 0 aliphatic heterocycles. The van der Waals surface area contributed by atoms with E-state index in [1.807, 2.05) is 11.8 Å². The third-order valence-electron chi connectivity index (χ3n) is 3.00. The molecule has 14 heavy (non-hydrogen) atoms. The molecule has 0 bridgehead atoms. The first-order chi connectivity index (χ1) is 6.74. The fourth-order valence-electron chi connectivity index (χ4n) is 2.01. The predicted molar refractivity (Wildman–Crippen MR) is 62.9 cm³/mol. The topological polar surface area (TPSA) is 20.3 Å². The Morgan fingerprint density at radius 2 is 2.07 bits per heavy atom. The molecule has 0 unspecified atom stereocenters. The summed E-state index contributed by atoms with van der Waals surface area (Å²) in [5.41, 5.74) is 0. The maximum absolute atomic E-state index is 11.1. The maximum atomic E-state index is 11.1. The number of hydrogen-bond donors (Lipinski definition) is 0. The lowest BCUT2D eigenvalue weighted by atomic mass is 9.93. The molecule has 0 radical (unpaired) electrons. The Morgan fingerprint density at radius 3 is 2.64 bits per heavy atom. The van der Waals surface area contributed by atoms with Crippen LogP contribution in [0, 0.1) is 0 Å². The molecule has 2 nitrogen and oxygen atoms in total. The number of thioether (sulfide) groups is 1. The number of ketones is 1. The second kappa shape index (κ2) is 6.46. The number of hydrogen-bond acceptors (Lipinski definition) is 3. The molecule has 0 aromatic heterocycles. The summed E-state index contributed by atoms with van der Waals surface area (Å²) >= 11 is 1.91. The van der Waals surface area contributed by atoms with Crippen molar-refractivity contribution >= 4 is 17.5 Å². The average Bonchev–Trinajstić information content (AvgIpc) is 2.19. The van der Waals surface area contributed by atoms with E-state index in [1.54, 1.807) is 0 Å². The number of nitrogens with zero attached hydrogens (tertiary/aromatic N) is 1. The van der Waals surface area contributed by atoms with E-state index in [2.05, 4.69) is 18.2 Å². The highest BCUT2D eigenvalue weighted by Gasteiger charge is 2.21. The van der Waals surface area contributed by atoms with Crippen LogP contribution in [0.4, 0.5) is 0 Å². The molecule has 0 amide bonds. The average molecular weight is 215 g/mol. The number of rotatable bonds is 5. The van der Waals surface area contributed by atoms with Gasteiger partial charge >= 0.3 is 0 Å². The third-order valence-corrected chi connectivity index (χ3v) is 3.69. The number of Topliss-reactive ketones (excluding diaryl/α,β-unsaturated/α-hetero) is 1. The summed E-state index contributed by atoms with van der Waals surface area (Å²) in [7, 11) is 2.20. The molecule has 0 spiro atoms. The smallest absolute Gasteiger partial charge is 0.133 e. The number of carbonyl (C=O) groups excluding carboxylic acids is 1. The van der Waals surface area contributed by atoms with Gasteiger partial charge in [-0.1, -0.05) is 0 Å². The van der Waals surface area contributed by atoms with Crippen molar-refractivity contribution in [3.8, 4) is 0 Å². The summed E-state index contributed by atoms with van der Waals surface area (Å²) in [6.07, 6.45) is 7.18. The van der Waals surface area contributed by atoms with Gasteiger partial charge in [-0.2, -0.15) is 11.8 Å². The van der Waals surface area contributed by atoms with Gasteiger partial charge in [0.15, 0.2) is 0 Å². The van der Waals surface area contributed by atoms with Crippen LogP contribution in [0.25, 0.3) is 0 Å². The van der Waals surface area contributed by atoms with Crippen LogP contribution in [0.2, 0.25) is 0 Å². The first-order valence-corrected chi connectivity index (χ1v) is 6.84. The largest absolute Gasteiger partial charge is 0.303 e. The number of carbonyl (C=O) groups is 1. The molecule has 3 heteroatoms. The van der Waals surface area contributed by atoms with Crippen LogP contribution in [0.1, 0.15) is 32.1 Å². The maximum Gasteiger partial charge on any atom is 0.133 e. The van der Waals surface area contributed by atoms with Gasteiger partial charge in [0.25, 0.3) is 0 Å². The molecule has 0 aromatic rings. The van der Waals surface area contributed by atoms with Crippen molar-refractivity contribution in [1.29, 1.82) is 0 Å². The van der Waals surface area contributed by atoms with Gasteiger partial charge in [-0.05, 0) is 44.9 Å². The van der Waals surface area contributed by atoms with Crippen molar-refractivity contribution in [2.45, 2.75) is 38.1 Å². The summed E-state index contributed by atoms with van der Waals surface area (Å²) in [5, 5.41) is 0. The van der Waals surface area contributed by atoms with Crippen LogP contribution in [-0.4, -0.2) is 42.3 Å². The van der Waals surface area contributed by atoms with Gasteiger partial charge in [-0.25, -0.2) is 0 Å². The van der Waals surface area contributed by atoms with Crippen LogP contribution in [0.15, 0.2) is 0 Å². The zero-order valence-corrected chi connectivity index (χ0v) is 10.1. The molecule has 0 heterocycles. The second-order valence-electron chi connectivity index (χ2n) is 4.10. The molecule has 1 aliphatic rings. The quantitative estimate of drug-likeness (QED) is 0.656. The minimum absolute atomic E-state index is 0.457. The SMILES string of the molecule is CSCCCN(C)C1CCC(=O)CC1. The molecular weight excluding hydrogens is 194 g/mol. The van der Waals surface area contributed by atoms with Crippen molar-refractivity contribution in [3.05, 3.63) is 0 Å². The first kappa shape index (κ1) is 12.1. The molecule has 0 atom stereocenters. The lowest BCUT2D eigenvalue weighted by Crippen LogP contribution is -2.36. The van der Waals surface area contributed by atoms with E-state index in [4.69, 9.17) is 0 Å². The Bertz CT molecular complexity index is 174. The Kier molecular flexibility index (Phi) is 5.56. The minimum atomic E-state index is 0.457. The zero-order valence-electron chi connectivity index (χ0n) is 9.29. The Hall–Kier alpha value is -0.0200. The fourth-order valence-corrected chi connectivity index (χ4v) is 2.42. The summed E-state index contributed by atoms with van der Waals surface area (Å²) < 4.78 is 0. The van der Waals surface area contributed by atoms with Crippen LogP contribution in [0.5, 0.6) is 0 Å². The van der Waals surface area contributed by atoms with Gasteiger partial charge < -0.3 is 4.90 Å². The molecule has 0 N–H and O–H groups in total. The van der Waals surface area contributed by atoms with Crippen molar-refractivity contribution in [1.82, 2.24) is 4.90 Å². The molecule has 1 rings (SSSR count). The molecular formula is C11H21NOS. The van der Waals surface area contributed by atoms with Crippen LogP contribution < -0.4 is 0 Å². The third kappa shape index (κ3) is 4.01. The van der Waals surface area contributed by atoms with Gasteiger partial charge in [0, 0.05) is 18.9 Å². The molecule has 82 valence electrons. The van der Waals surface area contributed by atoms with Gasteiger partial charge in [0.2, 0.25) is 0 Å². The molecule has 0 saturated heterocycles. The highest BCUT2D eigenvalue weighted by molar-refractivity contribution is 7.98. The predicted octanol–water partition coefficient (Wildman–Crippen LogP) is 2.18. The van der Waals surface area contributed by atoms with E-state index in [9.17, 15) is 4.79 Å². The van der Waals surface area contributed by atoms with Gasteiger partial charge in [0.1, 0.15) is 5.78 Å². The van der Waals surface area contributed by atoms with Crippen LogP contribution >= 0.6 is 11.8 Å². The lowest BCUT2D eigenvalue weighted by Gasteiger charge is -2.30. The minimum Gasteiger partial charge on any atom is -0.303 e. The van der Waals surface area contributed by atoms with Crippen LogP contribution in [0.3, 0.4) is 0 Å². The van der Waals surface area contributed by atoms with E-state index in [0.717, 1.165) is 25.7 Å². The zero-order chi connectivity index (χ0) is 10.4.